The second-order valence-corrected chi connectivity index (χ2v) is 5.63. The van der Waals surface area contributed by atoms with Crippen molar-refractivity contribution in [2.45, 2.75) is 32.2 Å². The van der Waals surface area contributed by atoms with Gasteiger partial charge in [-0.15, -0.1) is 0 Å². The van der Waals surface area contributed by atoms with Crippen LogP contribution in [0.5, 0.6) is 0 Å². The molecule has 0 spiro atoms. The topological polar surface area (TPSA) is 49.6 Å². The Morgan fingerprint density at radius 2 is 2.20 bits per heavy atom. The minimum absolute atomic E-state index is 0.263. The maximum Gasteiger partial charge on any atom is 0.222 e. The summed E-state index contributed by atoms with van der Waals surface area (Å²) >= 11 is 0. The molecule has 1 heterocycles. The van der Waals surface area contributed by atoms with E-state index in [1.807, 2.05) is 29.2 Å². The van der Waals surface area contributed by atoms with Crippen LogP contribution in [0.2, 0.25) is 0 Å². The van der Waals surface area contributed by atoms with Gasteiger partial charge in [0.25, 0.3) is 0 Å². The monoisotopic (exact) mass is 275 g/mol. The number of nitrogens with zero attached hydrogens (tertiary/aromatic N) is 2. The molecule has 1 aliphatic rings. The van der Waals surface area contributed by atoms with Crippen LogP contribution in [0.25, 0.3) is 0 Å². The first-order valence-electron chi connectivity index (χ1n) is 7.42. The van der Waals surface area contributed by atoms with E-state index in [1.165, 1.54) is 0 Å². The summed E-state index contributed by atoms with van der Waals surface area (Å²) < 4.78 is 0. The molecular formula is C16H25N3O. The lowest BCUT2D eigenvalue weighted by molar-refractivity contribution is -0.133. The molecule has 110 valence electrons. The van der Waals surface area contributed by atoms with Crippen LogP contribution < -0.4 is 5.73 Å². The fourth-order valence-corrected chi connectivity index (χ4v) is 2.77. The first-order chi connectivity index (χ1) is 9.60. The van der Waals surface area contributed by atoms with Gasteiger partial charge in [-0.2, -0.15) is 0 Å². The summed E-state index contributed by atoms with van der Waals surface area (Å²) in [5.74, 6) is 0.263. The Morgan fingerprint density at radius 3 is 2.90 bits per heavy atom. The molecule has 1 amide bonds. The summed E-state index contributed by atoms with van der Waals surface area (Å²) in [6, 6.07) is 8.30. The van der Waals surface area contributed by atoms with Gasteiger partial charge in [0.05, 0.1) is 0 Å². The lowest BCUT2D eigenvalue weighted by Gasteiger charge is -2.39. The lowest BCUT2D eigenvalue weighted by Crippen LogP contribution is -2.53. The van der Waals surface area contributed by atoms with Crippen molar-refractivity contribution >= 4 is 11.6 Å². The van der Waals surface area contributed by atoms with Crippen molar-refractivity contribution in [1.82, 2.24) is 9.80 Å². The van der Waals surface area contributed by atoms with Crippen molar-refractivity contribution in [3.8, 4) is 0 Å². The number of carbonyl (C=O) groups excluding carboxylic acids is 1. The molecule has 2 N–H and O–H groups in total. The van der Waals surface area contributed by atoms with Crippen LogP contribution in [0.1, 0.15) is 25.3 Å². The summed E-state index contributed by atoms with van der Waals surface area (Å²) in [5.41, 5.74) is 7.66. The smallest absolute Gasteiger partial charge is 0.222 e. The normalized spacial score (nSPS) is 20.1. The van der Waals surface area contributed by atoms with Crippen LogP contribution in [0, 0.1) is 0 Å². The van der Waals surface area contributed by atoms with E-state index in [-0.39, 0.29) is 5.91 Å². The quantitative estimate of drug-likeness (QED) is 0.852. The Hall–Kier alpha value is -1.55. The molecule has 4 nitrogen and oxygen atoms in total. The summed E-state index contributed by atoms with van der Waals surface area (Å²) in [7, 11) is 2.14. The first kappa shape index (κ1) is 14.9. The van der Waals surface area contributed by atoms with Crippen molar-refractivity contribution in [2.24, 2.45) is 0 Å². The number of anilines is 1. The molecule has 0 aromatic heterocycles. The zero-order chi connectivity index (χ0) is 14.5. The van der Waals surface area contributed by atoms with E-state index in [1.54, 1.807) is 0 Å². The number of hydrogen-bond acceptors (Lipinski definition) is 3. The van der Waals surface area contributed by atoms with Gasteiger partial charge in [0, 0.05) is 37.8 Å². The van der Waals surface area contributed by atoms with E-state index in [4.69, 9.17) is 5.73 Å². The Morgan fingerprint density at radius 1 is 1.40 bits per heavy atom. The van der Waals surface area contributed by atoms with Crippen molar-refractivity contribution in [1.29, 1.82) is 0 Å². The van der Waals surface area contributed by atoms with Gasteiger partial charge in [-0.3, -0.25) is 9.69 Å². The third-order valence-electron chi connectivity index (χ3n) is 4.18. The number of aryl methyl sites for hydroxylation is 1. The summed E-state index contributed by atoms with van der Waals surface area (Å²) in [6.45, 7) is 4.87. The molecule has 1 atom stereocenters. The third-order valence-corrected chi connectivity index (χ3v) is 4.18. The Kier molecular flexibility index (Phi) is 5.01. The zero-order valence-electron chi connectivity index (χ0n) is 12.5. The zero-order valence-corrected chi connectivity index (χ0v) is 12.5. The lowest BCUT2D eigenvalue weighted by atomic mass is 10.1. The Balaban J connectivity index is 1.86. The highest BCUT2D eigenvalue weighted by atomic mass is 16.2. The van der Waals surface area contributed by atoms with Crippen LogP contribution in [0.15, 0.2) is 24.3 Å². The molecule has 1 saturated heterocycles. The second-order valence-electron chi connectivity index (χ2n) is 5.63. The molecule has 1 unspecified atom stereocenters. The molecule has 2 rings (SSSR count). The van der Waals surface area contributed by atoms with Crippen molar-refractivity contribution in [3.63, 3.8) is 0 Å². The molecule has 0 bridgehead atoms. The first-order valence-corrected chi connectivity index (χ1v) is 7.42. The number of nitrogen functional groups attached to an aromatic ring is 1. The highest BCUT2D eigenvalue weighted by Gasteiger charge is 2.25. The second kappa shape index (κ2) is 6.75. The number of benzene rings is 1. The number of rotatable bonds is 4. The maximum absolute atomic E-state index is 12.3. The third kappa shape index (κ3) is 3.73. The van der Waals surface area contributed by atoms with Gasteiger partial charge in [-0.25, -0.2) is 0 Å². The van der Waals surface area contributed by atoms with Gasteiger partial charge < -0.3 is 10.6 Å². The van der Waals surface area contributed by atoms with E-state index in [0.717, 1.165) is 43.7 Å². The highest BCUT2D eigenvalue weighted by Crippen LogP contribution is 2.14. The van der Waals surface area contributed by atoms with E-state index >= 15 is 0 Å². The summed E-state index contributed by atoms with van der Waals surface area (Å²) in [4.78, 5) is 16.7. The Bertz CT molecular complexity index is 461. The number of nitrogens with two attached hydrogens (primary N) is 1. The SMILES string of the molecule is CCC1CN(C(=O)CCc2cccc(N)c2)CCN1C. The van der Waals surface area contributed by atoms with Gasteiger partial charge in [0.2, 0.25) is 5.91 Å². The summed E-state index contributed by atoms with van der Waals surface area (Å²) in [5, 5.41) is 0. The molecule has 1 fully saturated rings. The minimum atomic E-state index is 0.263. The number of piperazine rings is 1. The average molecular weight is 275 g/mol. The minimum Gasteiger partial charge on any atom is -0.399 e. The van der Waals surface area contributed by atoms with E-state index in [0.29, 0.717) is 12.5 Å². The molecule has 1 aromatic rings. The molecule has 1 aliphatic heterocycles. The number of carbonyl (C=O) groups is 1. The fraction of sp³-hybridized carbons (Fsp3) is 0.562. The van der Waals surface area contributed by atoms with E-state index in [2.05, 4.69) is 18.9 Å². The summed E-state index contributed by atoms with van der Waals surface area (Å²) in [6.07, 6.45) is 2.44. The maximum atomic E-state index is 12.3. The number of amides is 1. The van der Waals surface area contributed by atoms with Crippen molar-refractivity contribution in [3.05, 3.63) is 29.8 Å². The van der Waals surface area contributed by atoms with E-state index < -0.39 is 0 Å². The van der Waals surface area contributed by atoms with Crippen LogP contribution in [0.4, 0.5) is 5.69 Å². The van der Waals surface area contributed by atoms with Gasteiger partial charge in [-0.1, -0.05) is 19.1 Å². The predicted octanol–water partition coefficient (Wildman–Crippen LogP) is 1.75. The number of likely N-dealkylation sites (N-methyl/N-ethyl adjacent to an activating group) is 1. The van der Waals surface area contributed by atoms with Gasteiger partial charge in [0.15, 0.2) is 0 Å². The molecule has 0 radical (unpaired) electrons. The van der Waals surface area contributed by atoms with Crippen molar-refractivity contribution in [2.75, 3.05) is 32.4 Å². The van der Waals surface area contributed by atoms with Gasteiger partial charge >= 0.3 is 0 Å². The molecule has 20 heavy (non-hydrogen) atoms. The largest absolute Gasteiger partial charge is 0.399 e. The van der Waals surface area contributed by atoms with E-state index in [9.17, 15) is 4.79 Å². The Labute approximate surface area is 121 Å². The van der Waals surface area contributed by atoms with Gasteiger partial charge in [0.1, 0.15) is 0 Å². The molecule has 0 saturated carbocycles. The van der Waals surface area contributed by atoms with Crippen molar-refractivity contribution < 1.29 is 4.79 Å². The predicted molar refractivity (Wildman–Crippen MR) is 82.5 cm³/mol. The highest BCUT2D eigenvalue weighted by molar-refractivity contribution is 5.76. The fourth-order valence-electron chi connectivity index (χ4n) is 2.77. The molecular weight excluding hydrogens is 250 g/mol. The van der Waals surface area contributed by atoms with Gasteiger partial charge in [-0.05, 0) is 37.6 Å². The standard InChI is InChI=1S/C16H25N3O/c1-3-15-12-19(10-9-18(15)2)16(20)8-7-13-5-4-6-14(17)11-13/h4-6,11,15H,3,7-10,12,17H2,1-2H3. The van der Waals surface area contributed by atoms with Crippen LogP contribution in [-0.2, 0) is 11.2 Å². The van der Waals surface area contributed by atoms with Crippen LogP contribution in [0.3, 0.4) is 0 Å². The molecule has 1 aromatic carbocycles. The molecule has 4 heteroatoms. The van der Waals surface area contributed by atoms with Crippen LogP contribution in [-0.4, -0.2) is 48.4 Å². The average Bonchev–Trinajstić information content (AvgIpc) is 2.45. The van der Waals surface area contributed by atoms with Crippen LogP contribution >= 0.6 is 0 Å². The molecule has 0 aliphatic carbocycles. The number of hydrogen-bond donors (Lipinski definition) is 1.